The number of allylic oxidation sites excluding steroid dienone is 1. The molecule has 4 aromatic rings. The van der Waals surface area contributed by atoms with Gasteiger partial charge >= 0.3 is 5.97 Å². The Morgan fingerprint density at radius 1 is 0.705 bits per heavy atom. The van der Waals surface area contributed by atoms with Gasteiger partial charge in [-0.25, -0.2) is 4.98 Å². The molecule has 2 aromatic carbocycles. The lowest BCUT2D eigenvalue weighted by Crippen LogP contribution is -2.61. The van der Waals surface area contributed by atoms with Crippen LogP contribution in [0, 0.1) is 58.7 Å². The number of phenolic OH excluding ortho intramolecular Hbond substituents is 1. The zero-order valence-corrected chi connectivity index (χ0v) is 64.9. The molecule has 10 rings (SSSR count). The minimum Gasteiger partial charge on any atom is -0.508 e. The number of aliphatic hydroxyl groups is 1. The summed E-state index contributed by atoms with van der Waals surface area (Å²) in [6, 6.07) is 1.58. The molecule has 0 radical (unpaired) electrons. The fraction of sp³-hybridized carbons (Fsp3) is 0.580. The van der Waals surface area contributed by atoms with Gasteiger partial charge in [-0.15, -0.1) is 6.42 Å². The van der Waals surface area contributed by atoms with Crippen LogP contribution in [-0.4, -0.2) is 193 Å². The molecule has 0 unspecified atom stereocenters. The second-order valence-electron chi connectivity index (χ2n) is 31.9. The van der Waals surface area contributed by atoms with Gasteiger partial charge in [0.05, 0.1) is 19.4 Å². The van der Waals surface area contributed by atoms with Gasteiger partial charge in [0.25, 0.3) is 0 Å². The molecule has 2 aromatic heterocycles. The molecule has 18 N–H and O–H groups in total. The molecular formula is C81H112N16O15. The molecule has 15 atom stereocenters. The Labute approximate surface area is 652 Å². The van der Waals surface area contributed by atoms with Gasteiger partial charge in [0.2, 0.25) is 59.1 Å². The number of para-hydroxylation sites is 1. The quantitative estimate of drug-likeness (QED) is 0.0138. The fourth-order valence-corrected chi connectivity index (χ4v) is 17.7. The second kappa shape index (κ2) is 39.0. The minimum absolute atomic E-state index is 0.0397. The second-order valence-corrected chi connectivity index (χ2v) is 31.9. The number of carboxylic acid groups (broad SMARTS) is 1. The maximum absolute atomic E-state index is 14.7. The number of carbonyl (C=O) groups excluding carboxylic acids is 11. The van der Waals surface area contributed by atoms with Crippen molar-refractivity contribution in [2.45, 2.75) is 224 Å². The number of hydrogen-bond acceptors (Lipinski definition) is 16. The van der Waals surface area contributed by atoms with Gasteiger partial charge in [-0.2, -0.15) is 0 Å². The number of likely N-dealkylation sites (tertiary alicyclic amines) is 1. The van der Waals surface area contributed by atoms with E-state index in [1.54, 1.807) is 45.2 Å². The summed E-state index contributed by atoms with van der Waals surface area (Å²) in [5.41, 5.74) is 14.2. The van der Waals surface area contributed by atoms with Crippen molar-refractivity contribution in [3.63, 3.8) is 0 Å². The summed E-state index contributed by atoms with van der Waals surface area (Å²) >= 11 is 0. The number of rotatable bonds is 34. The van der Waals surface area contributed by atoms with E-state index in [-0.39, 0.29) is 118 Å². The Balaban J connectivity index is 0.000000480. The molecule has 6 aliphatic rings. The first-order valence-corrected chi connectivity index (χ1v) is 39.3. The zero-order chi connectivity index (χ0) is 81.1. The molecule has 10 amide bonds. The first-order valence-electron chi connectivity index (χ1n) is 39.3. The lowest BCUT2D eigenvalue weighted by molar-refractivity contribution is -0.142. The molecular weight excluding hydrogens is 1440 g/mol. The number of aromatic hydroxyl groups is 1. The number of ketones is 1. The average Bonchev–Trinajstić information content (AvgIpc) is 1.53. The van der Waals surface area contributed by atoms with Crippen LogP contribution in [-0.2, 0) is 76.8 Å². The molecule has 2 aliphatic heterocycles. The van der Waals surface area contributed by atoms with Crippen LogP contribution in [0.2, 0.25) is 0 Å². The number of nitrogens with two attached hydrogens (primary N) is 2. The average molecular weight is 1550 g/mol. The number of nitrogens with zero attached hydrogens (tertiary/aromatic N) is 3. The van der Waals surface area contributed by atoms with Gasteiger partial charge in [-0.05, 0) is 173 Å². The number of aliphatic carboxylic acids is 1. The monoisotopic (exact) mass is 1550 g/mol. The summed E-state index contributed by atoms with van der Waals surface area (Å²) in [4.78, 5) is 178. The number of nitrogens with one attached hydrogen (secondary N) is 11. The standard InChI is InChI=1S/C59H84N16O12.C22H28O3/c1-6-63-57(86)48-14-10-22-75(48)58(87)41(13-9-21-64-59(60)61)68-51(80)42(23-32(2)3)69-52(81)43(24-33(4)5)70-53(82)44(25-34-15-17-37(77)18-16-34)71-56(85)47(30-76)74-54(83)45(26-35-28-65-39-12-8-7-11-38(35)39)72-55(84)46(27-36-29-62-31-66-36)73-50(79)40-19-20-49(78)67-40;1-3-22(13-20(24)25)11-9-19-18-6-4-14-12-15(23)5-7-16(14)17(18)8-10-21(19,22)2/h7-8,11-12,15-18,28-29,31-33,40-48,65,76-77H,6,9-10,13-14,19-27,30H2,1-5H3,(H,62,66)(H,63,86)(H,67,78)(H,68,80)(H,69,81)(H,70,82)(H,71,85)(H,72,84)(H,73,79)(H,74,83)(H4,60,61,64);1,12,16-19H,4-11,13H2,2H3,(H,24,25)/t40-,41-,42-,43+,44-,45-,46-,47-,48-;16-,17+,18+,19-,21-,22+/m00/s1. The highest BCUT2D eigenvalue weighted by Crippen LogP contribution is 2.68. The maximum atomic E-state index is 14.7. The summed E-state index contributed by atoms with van der Waals surface area (Å²) in [6.45, 7) is 11.1. The number of benzene rings is 2. The summed E-state index contributed by atoms with van der Waals surface area (Å²) in [6.07, 6.45) is 21.8. The topological polar surface area (TPSA) is 486 Å². The normalized spacial score (nSPS) is 23.5. The number of carboxylic acids is 1. The Morgan fingerprint density at radius 2 is 1.33 bits per heavy atom. The SMILES string of the molecule is C#C[C@]1(CC(=O)O)CC[C@H]2[C@@H]3CCC4=CC(=O)CC[C@@H]4[C@H]3CC[C@@]21C.CCNC(=O)[C@@H]1CCCN1C(=O)[C@H](CCCN=C(N)N)NC(=O)[C@H](CC(C)C)NC(=O)[C@@H](CC(C)C)NC(=O)[C@H](Cc1ccc(O)cc1)NC(=O)[C@H](CO)NC(=O)[C@H](Cc1c[nH]c2ccccc12)NC(=O)[C@H](Cc1cnc[nH]1)NC(=O)[C@@H]1CCC(=O)N1. The minimum atomic E-state index is -1.75. The molecule has 3 saturated carbocycles. The predicted molar refractivity (Wildman–Crippen MR) is 416 cm³/mol. The van der Waals surface area contributed by atoms with Crippen molar-refractivity contribution in [2.24, 2.45) is 62.8 Å². The van der Waals surface area contributed by atoms with Gasteiger partial charge < -0.3 is 89.5 Å². The molecule has 606 valence electrons. The van der Waals surface area contributed by atoms with Gasteiger partial charge in [0.15, 0.2) is 11.7 Å². The molecule has 31 heteroatoms. The van der Waals surface area contributed by atoms with Crippen molar-refractivity contribution in [1.82, 2.24) is 67.7 Å². The number of carbonyl (C=O) groups is 12. The van der Waals surface area contributed by atoms with Crippen molar-refractivity contribution in [2.75, 3.05) is 26.2 Å². The van der Waals surface area contributed by atoms with E-state index in [9.17, 15) is 72.9 Å². The van der Waals surface area contributed by atoms with Gasteiger partial charge in [-0.3, -0.25) is 62.5 Å². The van der Waals surface area contributed by atoms with Crippen LogP contribution in [0.5, 0.6) is 5.75 Å². The van der Waals surface area contributed by atoms with Crippen molar-refractivity contribution in [3.05, 3.63) is 95.7 Å². The van der Waals surface area contributed by atoms with E-state index < -0.39 is 120 Å². The summed E-state index contributed by atoms with van der Waals surface area (Å²) in [5.74, 6) is -2.59. The summed E-state index contributed by atoms with van der Waals surface area (Å²) < 4.78 is 0. The molecule has 31 nitrogen and oxygen atoms in total. The molecule has 0 bridgehead atoms. The van der Waals surface area contributed by atoms with E-state index in [1.807, 2.05) is 26.0 Å². The van der Waals surface area contributed by atoms with Gasteiger partial charge in [0, 0.05) is 86.1 Å². The Morgan fingerprint density at radius 3 is 1.94 bits per heavy atom. The molecule has 0 spiro atoms. The summed E-state index contributed by atoms with van der Waals surface area (Å²) in [7, 11) is 0. The van der Waals surface area contributed by atoms with Crippen LogP contribution >= 0.6 is 0 Å². The number of aromatic nitrogens is 3. The number of aromatic amines is 2. The van der Waals surface area contributed by atoms with Crippen LogP contribution in [0.4, 0.5) is 0 Å². The van der Waals surface area contributed by atoms with E-state index in [0.29, 0.717) is 77.5 Å². The Hall–Kier alpha value is -10.6. The van der Waals surface area contributed by atoms with Crippen molar-refractivity contribution in [1.29, 1.82) is 0 Å². The number of phenols is 1. The zero-order valence-electron chi connectivity index (χ0n) is 64.9. The number of terminal acetylenes is 1. The summed E-state index contributed by atoms with van der Waals surface area (Å²) in [5, 5.41) is 55.3. The first kappa shape index (κ1) is 85.4. The highest BCUT2D eigenvalue weighted by molar-refractivity contribution is 6.00. The largest absolute Gasteiger partial charge is 0.508 e. The number of guanidine groups is 1. The molecule has 112 heavy (non-hydrogen) atoms. The third-order valence-corrected chi connectivity index (χ3v) is 23.3. The number of fused-ring (bicyclic) bond motifs is 6. The van der Waals surface area contributed by atoms with Crippen LogP contribution < -0.4 is 59.3 Å². The number of H-pyrrole nitrogens is 2. The lowest BCUT2D eigenvalue weighted by atomic mass is 9.48. The van der Waals surface area contributed by atoms with E-state index in [4.69, 9.17) is 17.9 Å². The number of hydrogen-bond donors (Lipinski definition) is 16. The van der Waals surface area contributed by atoms with Crippen LogP contribution in [0.1, 0.15) is 168 Å². The van der Waals surface area contributed by atoms with Crippen molar-refractivity contribution < 1.29 is 72.9 Å². The van der Waals surface area contributed by atoms with Crippen LogP contribution in [0.15, 0.2) is 83.9 Å². The molecule has 4 aliphatic carbocycles. The van der Waals surface area contributed by atoms with E-state index in [0.717, 1.165) is 50.5 Å². The molecule has 2 saturated heterocycles. The van der Waals surface area contributed by atoms with E-state index in [2.05, 4.69) is 80.6 Å². The number of likely N-dealkylation sites (N-methyl/N-ethyl adjacent to an activating group) is 1. The van der Waals surface area contributed by atoms with E-state index >= 15 is 0 Å². The van der Waals surface area contributed by atoms with Crippen molar-refractivity contribution in [3.8, 4) is 18.1 Å². The highest BCUT2D eigenvalue weighted by Gasteiger charge is 2.63. The molecule has 5 fully saturated rings. The predicted octanol–water partition coefficient (Wildman–Crippen LogP) is 2.78. The highest BCUT2D eigenvalue weighted by atomic mass is 16.4. The van der Waals surface area contributed by atoms with Crippen LogP contribution in [0.3, 0.4) is 0 Å². The van der Waals surface area contributed by atoms with Gasteiger partial charge in [0.1, 0.15) is 60.1 Å². The maximum Gasteiger partial charge on any atom is 0.304 e. The van der Waals surface area contributed by atoms with Gasteiger partial charge in [-0.1, -0.05) is 76.4 Å². The number of aliphatic hydroxyl groups excluding tert-OH is 1. The van der Waals surface area contributed by atoms with Crippen LogP contribution in [0.25, 0.3) is 10.9 Å². The number of aliphatic imine (C=N–C) groups is 1. The Bertz CT molecular complexity index is 4150. The number of amides is 10. The smallest absolute Gasteiger partial charge is 0.304 e. The van der Waals surface area contributed by atoms with Crippen molar-refractivity contribution >= 4 is 87.7 Å². The fourth-order valence-electron chi connectivity index (χ4n) is 17.7. The Kier molecular flexibility index (Phi) is 29.7. The third kappa shape index (κ3) is 21.7. The van der Waals surface area contributed by atoms with E-state index in [1.165, 1.54) is 47.3 Å². The molecule has 4 heterocycles. The lowest BCUT2D eigenvalue weighted by Gasteiger charge is -2.55. The first-order chi connectivity index (χ1) is 53.4. The third-order valence-electron chi connectivity index (χ3n) is 23.3. The number of imidazole rings is 1.